The highest BCUT2D eigenvalue weighted by Crippen LogP contribution is 2.22. The van der Waals surface area contributed by atoms with Gasteiger partial charge >= 0.3 is 0 Å². The smallest absolute Gasteiger partial charge is 0.258 e. The Kier molecular flexibility index (Phi) is 4.55. The number of rotatable bonds is 4. The molecule has 0 saturated carbocycles. The van der Waals surface area contributed by atoms with Crippen molar-refractivity contribution >= 4 is 33.2 Å². The Morgan fingerprint density at radius 3 is 2.79 bits per heavy atom. The van der Waals surface area contributed by atoms with Gasteiger partial charge in [-0.25, -0.2) is 4.39 Å². The maximum Gasteiger partial charge on any atom is 0.258 e. The van der Waals surface area contributed by atoms with E-state index >= 15 is 0 Å². The summed E-state index contributed by atoms with van der Waals surface area (Å²) in [5.74, 6) is -1.68. The largest absolute Gasteiger partial charge is 0.507 e. The summed E-state index contributed by atoms with van der Waals surface area (Å²) in [5, 5.41) is 12.1. The highest BCUT2D eigenvalue weighted by atomic mass is 79.9. The number of benzene rings is 1. The Bertz CT molecular complexity index is 580. The Labute approximate surface area is 122 Å². The molecule has 2 aromatic rings. The summed E-state index contributed by atoms with van der Waals surface area (Å²) in [7, 11) is 0. The quantitative estimate of drug-likeness (QED) is 0.894. The van der Waals surface area contributed by atoms with Crippen LogP contribution < -0.4 is 5.32 Å². The van der Waals surface area contributed by atoms with E-state index in [0.29, 0.717) is 13.0 Å². The lowest BCUT2D eigenvalue weighted by molar-refractivity contribution is 0.0947. The molecule has 0 fully saturated rings. The van der Waals surface area contributed by atoms with Crippen molar-refractivity contribution in [2.24, 2.45) is 0 Å². The summed E-state index contributed by atoms with van der Waals surface area (Å²) < 4.78 is 14.5. The molecule has 0 spiro atoms. The minimum absolute atomic E-state index is 0.310. The summed E-state index contributed by atoms with van der Waals surface area (Å²) in [6, 6.07) is 7.68. The summed E-state index contributed by atoms with van der Waals surface area (Å²) >= 11 is 4.94. The van der Waals surface area contributed by atoms with Crippen molar-refractivity contribution in [3.63, 3.8) is 0 Å². The monoisotopic (exact) mass is 343 g/mol. The van der Waals surface area contributed by atoms with Gasteiger partial charge in [0, 0.05) is 11.4 Å². The minimum Gasteiger partial charge on any atom is -0.507 e. The molecule has 0 radical (unpaired) electrons. The van der Waals surface area contributed by atoms with Crippen LogP contribution in [0.1, 0.15) is 15.2 Å². The Morgan fingerprint density at radius 2 is 2.16 bits per heavy atom. The van der Waals surface area contributed by atoms with Crippen molar-refractivity contribution in [1.29, 1.82) is 0 Å². The van der Waals surface area contributed by atoms with Gasteiger partial charge in [-0.15, -0.1) is 11.3 Å². The van der Waals surface area contributed by atoms with Crippen LogP contribution in [0.3, 0.4) is 0 Å². The van der Waals surface area contributed by atoms with Gasteiger partial charge in [-0.1, -0.05) is 6.07 Å². The van der Waals surface area contributed by atoms with Crippen LogP contribution >= 0.6 is 27.3 Å². The molecule has 1 aromatic carbocycles. The maximum absolute atomic E-state index is 13.4. The zero-order valence-corrected chi connectivity index (χ0v) is 12.2. The average Bonchev–Trinajstić information content (AvgIpc) is 2.75. The molecule has 1 aromatic heterocycles. The van der Waals surface area contributed by atoms with E-state index in [4.69, 9.17) is 0 Å². The van der Waals surface area contributed by atoms with Crippen molar-refractivity contribution < 1.29 is 14.3 Å². The molecule has 0 aliphatic heterocycles. The lowest BCUT2D eigenvalue weighted by Gasteiger charge is -2.07. The van der Waals surface area contributed by atoms with Crippen LogP contribution in [-0.4, -0.2) is 17.6 Å². The number of thiophene rings is 1. The molecule has 0 aliphatic rings. The molecule has 0 unspecified atom stereocenters. The molecule has 6 heteroatoms. The first-order valence-corrected chi connectivity index (χ1v) is 7.19. The molecule has 0 atom stereocenters. The van der Waals surface area contributed by atoms with Gasteiger partial charge in [0.15, 0.2) is 0 Å². The standard InChI is InChI=1S/C13H11BrFNO2S/c14-11-5-4-8(19-11)6-7-16-13(18)12-9(15)2-1-3-10(12)17/h1-5,17H,6-7H2,(H,16,18). The van der Waals surface area contributed by atoms with E-state index in [0.717, 1.165) is 14.7 Å². The lowest BCUT2D eigenvalue weighted by atomic mass is 10.1. The van der Waals surface area contributed by atoms with Gasteiger partial charge in [0.25, 0.3) is 5.91 Å². The number of carbonyl (C=O) groups excluding carboxylic acids is 1. The Morgan fingerprint density at radius 1 is 1.37 bits per heavy atom. The van der Waals surface area contributed by atoms with Crippen LogP contribution in [0.15, 0.2) is 34.1 Å². The Balaban J connectivity index is 1.94. The van der Waals surface area contributed by atoms with Crippen LogP contribution in [0.2, 0.25) is 0 Å². The second-order valence-corrected chi connectivity index (χ2v) is 6.39. The molecule has 100 valence electrons. The predicted molar refractivity (Wildman–Crippen MR) is 76.1 cm³/mol. The third-order valence-electron chi connectivity index (χ3n) is 2.50. The molecule has 2 rings (SSSR count). The maximum atomic E-state index is 13.4. The van der Waals surface area contributed by atoms with Crippen LogP contribution in [0.5, 0.6) is 5.75 Å². The van der Waals surface area contributed by atoms with Crippen molar-refractivity contribution in [3.8, 4) is 5.75 Å². The van der Waals surface area contributed by atoms with Crippen molar-refractivity contribution in [2.45, 2.75) is 6.42 Å². The molecular formula is C13H11BrFNO2S. The van der Waals surface area contributed by atoms with Gasteiger partial charge in [-0.2, -0.15) is 0 Å². The SMILES string of the molecule is O=C(NCCc1ccc(Br)s1)c1c(O)cccc1F. The van der Waals surface area contributed by atoms with Gasteiger partial charge in [0.2, 0.25) is 0 Å². The van der Waals surface area contributed by atoms with E-state index in [9.17, 15) is 14.3 Å². The highest BCUT2D eigenvalue weighted by molar-refractivity contribution is 9.11. The summed E-state index contributed by atoms with van der Waals surface area (Å²) in [6.45, 7) is 0.388. The van der Waals surface area contributed by atoms with Gasteiger partial charge in [-0.3, -0.25) is 4.79 Å². The van der Waals surface area contributed by atoms with Crippen molar-refractivity contribution in [3.05, 3.63) is 50.4 Å². The number of amides is 1. The lowest BCUT2D eigenvalue weighted by Crippen LogP contribution is -2.26. The second-order valence-electron chi connectivity index (χ2n) is 3.85. The molecule has 1 amide bonds. The normalized spacial score (nSPS) is 10.4. The second kappa shape index (κ2) is 6.16. The first-order valence-electron chi connectivity index (χ1n) is 5.58. The van der Waals surface area contributed by atoms with Crippen LogP contribution in [0.25, 0.3) is 0 Å². The Hall–Kier alpha value is -1.40. The number of halogens is 2. The van der Waals surface area contributed by atoms with E-state index in [1.54, 1.807) is 11.3 Å². The molecule has 1 heterocycles. The van der Waals surface area contributed by atoms with Gasteiger partial charge in [0.1, 0.15) is 17.1 Å². The number of hydrogen-bond donors (Lipinski definition) is 2. The number of nitrogens with one attached hydrogen (secondary N) is 1. The van der Waals surface area contributed by atoms with Crippen LogP contribution in [0, 0.1) is 5.82 Å². The topological polar surface area (TPSA) is 49.3 Å². The number of phenols is 1. The van der Waals surface area contributed by atoms with E-state index in [1.807, 2.05) is 12.1 Å². The van der Waals surface area contributed by atoms with Gasteiger partial charge < -0.3 is 10.4 Å². The highest BCUT2D eigenvalue weighted by Gasteiger charge is 2.15. The zero-order valence-electron chi connectivity index (χ0n) is 9.82. The summed E-state index contributed by atoms with van der Waals surface area (Å²) in [4.78, 5) is 12.9. The molecule has 3 nitrogen and oxygen atoms in total. The van der Waals surface area contributed by atoms with Crippen LogP contribution in [-0.2, 0) is 6.42 Å². The fourth-order valence-electron chi connectivity index (χ4n) is 1.61. The van der Waals surface area contributed by atoms with Crippen molar-refractivity contribution in [1.82, 2.24) is 5.32 Å². The number of hydrogen-bond acceptors (Lipinski definition) is 3. The summed E-state index contributed by atoms with van der Waals surface area (Å²) in [6.07, 6.45) is 0.664. The molecule has 2 N–H and O–H groups in total. The van der Waals surface area contributed by atoms with Crippen molar-refractivity contribution in [2.75, 3.05) is 6.54 Å². The molecule has 0 aliphatic carbocycles. The molecule has 0 saturated heterocycles. The third kappa shape index (κ3) is 3.54. The molecular weight excluding hydrogens is 333 g/mol. The zero-order chi connectivity index (χ0) is 13.8. The molecule has 19 heavy (non-hydrogen) atoms. The van der Waals surface area contributed by atoms with Gasteiger partial charge in [0.05, 0.1) is 3.79 Å². The number of aromatic hydroxyl groups is 1. The average molecular weight is 344 g/mol. The fraction of sp³-hybridized carbons (Fsp3) is 0.154. The van der Waals surface area contributed by atoms with E-state index in [2.05, 4.69) is 21.2 Å². The van der Waals surface area contributed by atoms with Gasteiger partial charge in [-0.05, 0) is 46.6 Å². The van der Waals surface area contributed by atoms with E-state index in [-0.39, 0.29) is 11.3 Å². The predicted octanol–water partition coefficient (Wildman–Crippen LogP) is 3.33. The summed E-state index contributed by atoms with van der Waals surface area (Å²) in [5.41, 5.74) is -0.310. The molecule has 0 bridgehead atoms. The first-order chi connectivity index (χ1) is 9.08. The third-order valence-corrected chi connectivity index (χ3v) is 4.19. The minimum atomic E-state index is -0.726. The number of carbonyl (C=O) groups is 1. The van der Waals surface area contributed by atoms with Crippen LogP contribution in [0.4, 0.5) is 4.39 Å². The number of phenolic OH excluding ortho intramolecular Hbond substituents is 1. The first kappa shape index (κ1) is 14.0. The van der Waals surface area contributed by atoms with E-state index < -0.39 is 11.7 Å². The van der Waals surface area contributed by atoms with E-state index in [1.165, 1.54) is 12.1 Å². The fourth-order valence-corrected chi connectivity index (χ4v) is 3.09.